The van der Waals surface area contributed by atoms with Gasteiger partial charge in [-0.1, -0.05) is 6.07 Å². The lowest BCUT2D eigenvalue weighted by atomic mass is 10.1. The number of rotatable bonds is 3. The zero-order valence-corrected chi connectivity index (χ0v) is 15.1. The Hall–Kier alpha value is -2.77. The summed E-state index contributed by atoms with van der Waals surface area (Å²) in [6, 6.07) is 9.74. The van der Waals surface area contributed by atoms with Crippen molar-refractivity contribution in [3.63, 3.8) is 0 Å². The number of carbonyl (C=O) groups excluding carboxylic acids is 1. The molecule has 0 bridgehead atoms. The van der Waals surface area contributed by atoms with Crippen molar-refractivity contribution in [1.29, 1.82) is 0 Å². The Kier molecular flexibility index (Phi) is 5.25. The predicted molar refractivity (Wildman–Crippen MR) is 95.1 cm³/mol. The number of ether oxygens (including phenoxy) is 1. The number of carbonyl (C=O) groups is 1. The van der Waals surface area contributed by atoms with Crippen molar-refractivity contribution in [2.75, 3.05) is 38.2 Å². The van der Waals surface area contributed by atoms with E-state index in [9.17, 15) is 18.0 Å². The number of hydrogen-bond donors (Lipinski definition) is 0. The van der Waals surface area contributed by atoms with E-state index in [0.717, 1.165) is 17.5 Å². The molecule has 0 N–H and O–H groups in total. The molecule has 1 aliphatic heterocycles. The van der Waals surface area contributed by atoms with Gasteiger partial charge in [0.1, 0.15) is 11.4 Å². The molecule has 2 aromatic rings. The number of methoxy groups -OCH3 is 1. The summed E-state index contributed by atoms with van der Waals surface area (Å²) in [6.45, 7) is 3.65. The van der Waals surface area contributed by atoms with Gasteiger partial charge in [-0.2, -0.15) is 13.2 Å². The van der Waals surface area contributed by atoms with Crippen LogP contribution < -0.4 is 9.64 Å². The van der Waals surface area contributed by atoms with E-state index >= 15 is 0 Å². The topological polar surface area (TPSA) is 45.7 Å². The molecular weight excluding hydrogens is 359 g/mol. The molecule has 1 aromatic heterocycles. The molecule has 0 radical (unpaired) electrons. The maximum Gasteiger partial charge on any atom is 0.433 e. The van der Waals surface area contributed by atoms with Gasteiger partial charge in [0.2, 0.25) is 0 Å². The summed E-state index contributed by atoms with van der Waals surface area (Å²) < 4.78 is 43.5. The van der Waals surface area contributed by atoms with Crippen molar-refractivity contribution < 1.29 is 22.7 Å². The fourth-order valence-electron chi connectivity index (χ4n) is 3.09. The van der Waals surface area contributed by atoms with Gasteiger partial charge in [-0.3, -0.25) is 4.79 Å². The van der Waals surface area contributed by atoms with Gasteiger partial charge in [0.15, 0.2) is 0 Å². The smallest absolute Gasteiger partial charge is 0.433 e. The highest BCUT2D eigenvalue weighted by Gasteiger charge is 2.33. The van der Waals surface area contributed by atoms with Gasteiger partial charge in [-0.15, -0.1) is 0 Å². The monoisotopic (exact) mass is 379 g/mol. The zero-order chi connectivity index (χ0) is 19.6. The Labute approximate surface area is 155 Å². The molecule has 1 aromatic carbocycles. The summed E-state index contributed by atoms with van der Waals surface area (Å²) in [5, 5.41) is 0. The van der Waals surface area contributed by atoms with E-state index in [-0.39, 0.29) is 17.2 Å². The first kappa shape index (κ1) is 19.0. The van der Waals surface area contributed by atoms with Crippen LogP contribution in [0.4, 0.5) is 18.9 Å². The van der Waals surface area contributed by atoms with Gasteiger partial charge in [0.25, 0.3) is 5.91 Å². The molecule has 1 saturated heterocycles. The molecule has 1 amide bonds. The molecule has 0 spiro atoms. The second kappa shape index (κ2) is 7.46. The van der Waals surface area contributed by atoms with Gasteiger partial charge >= 0.3 is 6.18 Å². The molecule has 8 heteroatoms. The van der Waals surface area contributed by atoms with Crippen LogP contribution >= 0.6 is 0 Å². The first-order chi connectivity index (χ1) is 12.8. The molecule has 0 atom stereocenters. The van der Waals surface area contributed by atoms with Gasteiger partial charge in [0, 0.05) is 37.9 Å². The molecule has 1 fully saturated rings. The average molecular weight is 379 g/mol. The van der Waals surface area contributed by atoms with Gasteiger partial charge < -0.3 is 14.5 Å². The Balaban J connectivity index is 1.68. The van der Waals surface area contributed by atoms with Crippen molar-refractivity contribution in [2.45, 2.75) is 13.1 Å². The van der Waals surface area contributed by atoms with Crippen LogP contribution in [0.2, 0.25) is 0 Å². The number of pyridine rings is 1. The fraction of sp³-hybridized carbons (Fsp3) is 0.368. The third-order valence-corrected chi connectivity index (χ3v) is 4.59. The molecule has 3 rings (SSSR count). The first-order valence-corrected chi connectivity index (χ1v) is 8.52. The lowest BCUT2D eigenvalue weighted by Crippen LogP contribution is -2.49. The summed E-state index contributed by atoms with van der Waals surface area (Å²) in [7, 11) is 1.61. The van der Waals surface area contributed by atoms with Crippen molar-refractivity contribution in [3.8, 4) is 5.75 Å². The van der Waals surface area contributed by atoms with E-state index in [4.69, 9.17) is 4.74 Å². The van der Waals surface area contributed by atoms with Crippen LogP contribution in [0, 0.1) is 6.92 Å². The number of amides is 1. The summed E-state index contributed by atoms with van der Waals surface area (Å²) in [4.78, 5) is 20.0. The number of hydrogen-bond acceptors (Lipinski definition) is 4. The standard InChI is InChI=1S/C19H20F3N3O2/c1-13-16(6-7-17(23-13)19(20,21)22)18(26)25-10-8-24(9-11-25)14-4-3-5-15(12-14)27-2/h3-7,12H,8-11H2,1-2H3. The third kappa shape index (κ3) is 4.15. The number of benzene rings is 1. The quantitative estimate of drug-likeness (QED) is 0.820. The van der Waals surface area contributed by atoms with E-state index in [2.05, 4.69) is 9.88 Å². The maximum absolute atomic E-state index is 12.7. The second-order valence-electron chi connectivity index (χ2n) is 6.31. The van der Waals surface area contributed by atoms with Crippen LogP contribution in [-0.2, 0) is 6.18 Å². The summed E-state index contributed by atoms with van der Waals surface area (Å²) in [5.41, 5.74) is 0.316. The number of alkyl halides is 3. The van der Waals surface area contributed by atoms with Crippen molar-refractivity contribution >= 4 is 11.6 Å². The van der Waals surface area contributed by atoms with Crippen LogP contribution in [-0.4, -0.2) is 49.1 Å². The van der Waals surface area contributed by atoms with Crippen LogP contribution in [0.15, 0.2) is 36.4 Å². The minimum Gasteiger partial charge on any atom is -0.497 e. The number of nitrogens with zero attached hydrogens (tertiary/aromatic N) is 3. The number of piperazine rings is 1. The SMILES string of the molecule is COc1cccc(N2CCN(C(=O)c3ccc(C(F)(F)F)nc3C)CC2)c1. The average Bonchev–Trinajstić information content (AvgIpc) is 2.67. The Morgan fingerprint density at radius 3 is 2.41 bits per heavy atom. The van der Waals surface area contributed by atoms with Crippen molar-refractivity contribution in [3.05, 3.63) is 53.3 Å². The van der Waals surface area contributed by atoms with E-state index in [1.54, 1.807) is 12.0 Å². The van der Waals surface area contributed by atoms with Gasteiger partial charge in [0.05, 0.1) is 18.4 Å². The first-order valence-electron chi connectivity index (χ1n) is 8.52. The molecule has 1 aliphatic rings. The van der Waals surface area contributed by atoms with E-state index in [1.807, 2.05) is 24.3 Å². The highest BCUT2D eigenvalue weighted by atomic mass is 19.4. The minimum atomic E-state index is -4.52. The molecule has 27 heavy (non-hydrogen) atoms. The Bertz CT molecular complexity index is 831. The largest absolute Gasteiger partial charge is 0.497 e. The van der Waals surface area contributed by atoms with Gasteiger partial charge in [-0.05, 0) is 31.2 Å². The molecule has 0 saturated carbocycles. The minimum absolute atomic E-state index is 0.0880. The van der Waals surface area contributed by atoms with Crippen molar-refractivity contribution in [2.24, 2.45) is 0 Å². The molecule has 0 aliphatic carbocycles. The zero-order valence-electron chi connectivity index (χ0n) is 15.1. The summed E-state index contributed by atoms with van der Waals surface area (Å²) in [5.74, 6) is 0.469. The number of aryl methyl sites for hydroxylation is 1. The van der Waals surface area contributed by atoms with Crippen LogP contribution in [0.25, 0.3) is 0 Å². The van der Waals surface area contributed by atoms with Crippen molar-refractivity contribution in [1.82, 2.24) is 9.88 Å². The molecule has 5 nitrogen and oxygen atoms in total. The fourth-order valence-corrected chi connectivity index (χ4v) is 3.09. The van der Waals surface area contributed by atoms with E-state index < -0.39 is 11.9 Å². The third-order valence-electron chi connectivity index (χ3n) is 4.59. The molecule has 0 unspecified atom stereocenters. The number of aromatic nitrogens is 1. The van der Waals surface area contributed by atoms with Crippen LogP contribution in [0.5, 0.6) is 5.75 Å². The Morgan fingerprint density at radius 1 is 1.11 bits per heavy atom. The summed E-state index contributed by atoms with van der Waals surface area (Å²) >= 11 is 0. The normalized spacial score (nSPS) is 15.0. The highest BCUT2D eigenvalue weighted by Crippen LogP contribution is 2.28. The lowest BCUT2D eigenvalue weighted by molar-refractivity contribution is -0.141. The van der Waals surface area contributed by atoms with E-state index in [1.165, 1.54) is 13.0 Å². The number of anilines is 1. The molecular formula is C19H20F3N3O2. The maximum atomic E-state index is 12.7. The number of halogens is 3. The Morgan fingerprint density at radius 2 is 1.81 bits per heavy atom. The predicted octanol–water partition coefficient (Wildman–Crippen LogP) is 3.38. The second-order valence-corrected chi connectivity index (χ2v) is 6.31. The molecule has 2 heterocycles. The van der Waals surface area contributed by atoms with Crippen LogP contribution in [0.3, 0.4) is 0 Å². The lowest BCUT2D eigenvalue weighted by Gasteiger charge is -2.36. The van der Waals surface area contributed by atoms with Crippen LogP contribution in [0.1, 0.15) is 21.7 Å². The summed E-state index contributed by atoms with van der Waals surface area (Å²) in [6.07, 6.45) is -4.52. The van der Waals surface area contributed by atoms with E-state index in [0.29, 0.717) is 26.2 Å². The van der Waals surface area contributed by atoms with Gasteiger partial charge in [-0.25, -0.2) is 4.98 Å². The molecule has 144 valence electrons. The highest BCUT2D eigenvalue weighted by molar-refractivity contribution is 5.95.